The summed E-state index contributed by atoms with van der Waals surface area (Å²) >= 11 is 0. The molecule has 3 aliphatic carbocycles. The number of aromatic amines is 1. The van der Waals surface area contributed by atoms with Crippen molar-refractivity contribution < 1.29 is 9.50 Å². The number of hydrogen-bond acceptors (Lipinski definition) is 6. The van der Waals surface area contributed by atoms with E-state index < -0.39 is 5.82 Å². The largest absolute Gasteiger partial charge is 0.513 e. The molecule has 3 saturated carbocycles. The van der Waals surface area contributed by atoms with Crippen molar-refractivity contribution in [3.8, 4) is 17.3 Å². The highest BCUT2D eigenvalue weighted by atomic mass is 19.1. The summed E-state index contributed by atoms with van der Waals surface area (Å²) in [4.78, 5) is 15.8. The highest BCUT2D eigenvalue weighted by Crippen LogP contribution is 2.48. The molecule has 0 radical (unpaired) electrons. The van der Waals surface area contributed by atoms with Crippen LogP contribution in [0.2, 0.25) is 0 Å². The molecule has 152 valence electrons. The van der Waals surface area contributed by atoms with E-state index in [2.05, 4.69) is 31.8 Å². The van der Waals surface area contributed by atoms with Gasteiger partial charge in [-0.05, 0) is 43.6 Å². The average Bonchev–Trinajstić information content (AvgIpc) is 3.19. The Morgan fingerprint density at radius 1 is 1.30 bits per heavy atom. The fraction of sp³-hybridized carbons (Fsp3) is 0.364. The molecule has 2 bridgehead atoms. The zero-order valence-electron chi connectivity index (χ0n) is 16.3. The fourth-order valence-electron chi connectivity index (χ4n) is 5.23. The number of pyridine rings is 1. The van der Waals surface area contributed by atoms with Crippen LogP contribution in [0, 0.1) is 34.9 Å². The van der Waals surface area contributed by atoms with Crippen molar-refractivity contribution in [1.82, 2.24) is 19.9 Å². The van der Waals surface area contributed by atoms with Crippen molar-refractivity contribution in [1.29, 1.82) is 5.26 Å². The lowest BCUT2D eigenvalue weighted by Crippen LogP contribution is -2.49. The van der Waals surface area contributed by atoms with Gasteiger partial charge in [0.05, 0.1) is 17.0 Å². The summed E-state index contributed by atoms with van der Waals surface area (Å²) in [6.45, 7) is 3.77. The number of hydrogen-bond donors (Lipinski definition) is 3. The molecule has 3 aliphatic rings. The SMILES string of the molecule is C=C(O)[C@H]1C2CCC(CC2)[C@@H]1Nc1nc(-c2c[nH]c3ncncc23)c(C#N)cc1F. The number of aromatic nitrogens is 4. The molecular formula is C22H21FN6O. The van der Waals surface area contributed by atoms with Gasteiger partial charge in [0.15, 0.2) is 11.6 Å². The van der Waals surface area contributed by atoms with Crippen LogP contribution >= 0.6 is 0 Å². The van der Waals surface area contributed by atoms with Crippen LogP contribution in [0.1, 0.15) is 31.2 Å². The van der Waals surface area contributed by atoms with Crippen molar-refractivity contribution >= 4 is 16.9 Å². The Kier molecular flexibility index (Phi) is 4.39. The molecule has 30 heavy (non-hydrogen) atoms. The predicted molar refractivity (Wildman–Crippen MR) is 110 cm³/mol. The number of rotatable bonds is 4. The van der Waals surface area contributed by atoms with Crippen LogP contribution in [-0.2, 0) is 0 Å². The molecule has 0 aromatic carbocycles. The van der Waals surface area contributed by atoms with Crippen LogP contribution in [0.4, 0.5) is 10.2 Å². The molecule has 8 heteroatoms. The highest BCUT2D eigenvalue weighted by Gasteiger charge is 2.45. The zero-order chi connectivity index (χ0) is 20.8. The van der Waals surface area contributed by atoms with Gasteiger partial charge in [-0.3, -0.25) is 0 Å². The second-order valence-corrected chi connectivity index (χ2v) is 8.18. The smallest absolute Gasteiger partial charge is 0.166 e. The van der Waals surface area contributed by atoms with Crippen molar-refractivity contribution in [2.45, 2.75) is 31.7 Å². The average molecular weight is 404 g/mol. The molecule has 3 aromatic heterocycles. The standard InChI is InChI=1S/C22H21FN6O/c1-11(30)18-12-2-4-13(5-3-12)20(18)29-22-17(23)6-14(7-24)19(28-22)15-9-26-21-16(15)8-25-10-27-21/h6,8-10,12-13,18,20,30H,1-5H2,(H,28,29)(H,25,26,27)/t12?,13?,18-,20-/m0/s1. The first-order valence-corrected chi connectivity index (χ1v) is 10.1. The van der Waals surface area contributed by atoms with Crippen molar-refractivity contribution in [2.24, 2.45) is 17.8 Å². The molecule has 0 unspecified atom stereocenters. The number of aliphatic hydroxyl groups excluding tert-OH is 1. The van der Waals surface area contributed by atoms with Crippen LogP contribution in [0.25, 0.3) is 22.3 Å². The highest BCUT2D eigenvalue weighted by molar-refractivity contribution is 5.93. The number of aliphatic hydroxyl groups is 1. The third-order valence-corrected chi connectivity index (χ3v) is 6.61. The first kappa shape index (κ1) is 18.6. The molecule has 2 atom stereocenters. The quantitative estimate of drug-likeness (QED) is 0.559. The van der Waals surface area contributed by atoms with Gasteiger partial charge in [0.1, 0.15) is 18.0 Å². The molecule has 0 saturated heterocycles. The number of nitriles is 1. The minimum absolute atomic E-state index is 0.0824. The zero-order valence-corrected chi connectivity index (χ0v) is 16.3. The van der Waals surface area contributed by atoms with E-state index in [4.69, 9.17) is 0 Å². The van der Waals surface area contributed by atoms with E-state index in [0.29, 0.717) is 34.1 Å². The lowest BCUT2D eigenvalue weighted by atomic mass is 9.61. The third-order valence-electron chi connectivity index (χ3n) is 6.61. The molecule has 0 spiro atoms. The van der Waals surface area contributed by atoms with Gasteiger partial charge in [-0.25, -0.2) is 19.3 Å². The van der Waals surface area contributed by atoms with Gasteiger partial charge in [-0.1, -0.05) is 6.58 Å². The summed E-state index contributed by atoms with van der Waals surface area (Å²) in [5.41, 5.74) is 1.75. The van der Waals surface area contributed by atoms with Crippen LogP contribution < -0.4 is 5.32 Å². The summed E-state index contributed by atoms with van der Waals surface area (Å²) in [6, 6.07) is 3.11. The van der Waals surface area contributed by atoms with E-state index in [-0.39, 0.29) is 29.1 Å². The van der Waals surface area contributed by atoms with Gasteiger partial charge in [0.2, 0.25) is 0 Å². The molecule has 0 amide bonds. The van der Waals surface area contributed by atoms with E-state index in [1.807, 2.05) is 6.07 Å². The van der Waals surface area contributed by atoms with E-state index in [0.717, 1.165) is 25.7 Å². The molecule has 3 heterocycles. The monoisotopic (exact) mass is 404 g/mol. The van der Waals surface area contributed by atoms with Gasteiger partial charge in [0, 0.05) is 35.3 Å². The van der Waals surface area contributed by atoms with Crippen LogP contribution in [-0.4, -0.2) is 31.1 Å². The van der Waals surface area contributed by atoms with Crippen LogP contribution in [0.5, 0.6) is 0 Å². The molecule has 3 N–H and O–H groups in total. The lowest BCUT2D eigenvalue weighted by Gasteiger charge is -2.48. The Balaban J connectivity index is 1.57. The fourth-order valence-corrected chi connectivity index (χ4v) is 5.23. The van der Waals surface area contributed by atoms with Gasteiger partial charge in [0.25, 0.3) is 0 Å². The number of nitrogens with zero attached hydrogens (tertiary/aromatic N) is 4. The minimum atomic E-state index is -0.588. The Labute approximate surface area is 172 Å². The minimum Gasteiger partial charge on any atom is -0.513 e. The van der Waals surface area contributed by atoms with Crippen LogP contribution in [0.3, 0.4) is 0 Å². The molecule has 7 nitrogen and oxygen atoms in total. The molecule has 0 aliphatic heterocycles. The maximum Gasteiger partial charge on any atom is 0.166 e. The number of halogens is 1. The van der Waals surface area contributed by atoms with E-state index >= 15 is 0 Å². The summed E-state index contributed by atoms with van der Waals surface area (Å²) in [7, 11) is 0. The molecule has 6 rings (SSSR count). The number of nitrogens with one attached hydrogen (secondary N) is 2. The first-order chi connectivity index (χ1) is 14.6. The first-order valence-electron chi connectivity index (χ1n) is 10.1. The van der Waals surface area contributed by atoms with E-state index in [1.165, 1.54) is 12.4 Å². The van der Waals surface area contributed by atoms with E-state index in [9.17, 15) is 14.8 Å². The molecule has 3 aromatic rings. The van der Waals surface area contributed by atoms with Gasteiger partial charge >= 0.3 is 0 Å². The summed E-state index contributed by atoms with van der Waals surface area (Å²) in [5, 5.41) is 23.7. The number of fused-ring (bicyclic) bond motifs is 4. The lowest BCUT2D eigenvalue weighted by molar-refractivity contribution is 0.0759. The molecular weight excluding hydrogens is 383 g/mol. The van der Waals surface area contributed by atoms with Crippen LogP contribution in [0.15, 0.2) is 37.1 Å². The summed E-state index contributed by atoms with van der Waals surface area (Å²) in [5.74, 6) is 0.181. The van der Waals surface area contributed by atoms with Crippen molar-refractivity contribution in [3.63, 3.8) is 0 Å². The molecule has 3 fully saturated rings. The normalized spacial score (nSPS) is 25.2. The number of anilines is 1. The van der Waals surface area contributed by atoms with Gasteiger partial charge in [-0.15, -0.1) is 0 Å². The Morgan fingerprint density at radius 2 is 2.07 bits per heavy atom. The van der Waals surface area contributed by atoms with Crippen molar-refractivity contribution in [2.75, 3.05) is 5.32 Å². The number of H-pyrrole nitrogens is 1. The summed E-state index contributed by atoms with van der Waals surface area (Å²) in [6.07, 6.45) is 8.95. The maximum absolute atomic E-state index is 14.9. The van der Waals surface area contributed by atoms with E-state index in [1.54, 1.807) is 12.4 Å². The topological polar surface area (TPSA) is 111 Å². The second-order valence-electron chi connectivity index (χ2n) is 8.18. The van der Waals surface area contributed by atoms with Crippen molar-refractivity contribution in [3.05, 3.63) is 48.5 Å². The Bertz CT molecular complexity index is 1170. The predicted octanol–water partition coefficient (Wildman–Crippen LogP) is 4.32. The van der Waals surface area contributed by atoms with Gasteiger partial charge in [-0.2, -0.15) is 5.26 Å². The Morgan fingerprint density at radius 3 is 2.80 bits per heavy atom. The maximum atomic E-state index is 14.9. The summed E-state index contributed by atoms with van der Waals surface area (Å²) < 4.78 is 14.9. The second kappa shape index (κ2) is 7.10. The van der Waals surface area contributed by atoms with Gasteiger partial charge < -0.3 is 15.4 Å². The third kappa shape index (κ3) is 2.89. The Hall–Kier alpha value is -3.47.